The molecule has 1 aromatic carbocycles. The van der Waals surface area contributed by atoms with Crippen molar-refractivity contribution in [2.24, 2.45) is 0 Å². The lowest BCUT2D eigenvalue weighted by Crippen LogP contribution is -2.42. The quantitative estimate of drug-likeness (QED) is 0.373. The van der Waals surface area contributed by atoms with Crippen molar-refractivity contribution >= 4 is 46.7 Å². The Morgan fingerprint density at radius 3 is 2.59 bits per heavy atom. The maximum Gasteiger partial charge on any atom is 0.334 e. The second kappa shape index (κ2) is 9.78. The van der Waals surface area contributed by atoms with Gasteiger partial charge in [0.2, 0.25) is 5.91 Å². The fourth-order valence-corrected chi connectivity index (χ4v) is 3.79. The number of ether oxygens (including phenoxy) is 2. The van der Waals surface area contributed by atoms with E-state index in [0.717, 1.165) is 17.0 Å². The molecule has 0 saturated carbocycles. The van der Waals surface area contributed by atoms with E-state index >= 15 is 4.39 Å². The first kappa shape index (κ1) is 23.2. The number of carbonyl (C=O) groups excluding carboxylic acids is 4. The van der Waals surface area contributed by atoms with Crippen LogP contribution in [0.4, 0.5) is 15.8 Å². The number of anilines is 2. The molecule has 1 heterocycles. The van der Waals surface area contributed by atoms with Crippen LogP contribution in [-0.2, 0) is 23.9 Å². The Morgan fingerprint density at radius 1 is 1.28 bits per heavy atom. The number of imide groups is 1. The zero-order valence-electron chi connectivity index (χ0n) is 17.2. The molecule has 3 rings (SSSR count). The van der Waals surface area contributed by atoms with Crippen LogP contribution in [0.3, 0.4) is 0 Å². The highest BCUT2D eigenvalue weighted by atomic mass is 35.5. The van der Waals surface area contributed by atoms with Crippen LogP contribution in [0.25, 0.3) is 0 Å². The molecule has 1 aliphatic heterocycles. The number of amides is 3. The van der Waals surface area contributed by atoms with Crippen LogP contribution in [0.15, 0.2) is 23.3 Å². The molecule has 3 amide bonds. The third-order valence-corrected chi connectivity index (χ3v) is 5.39. The number of benzene rings is 1. The minimum atomic E-state index is -0.974. The monoisotopic (exact) mass is 463 g/mol. The molecule has 0 aromatic heterocycles. The molecule has 1 aromatic rings. The van der Waals surface area contributed by atoms with Crippen molar-refractivity contribution in [2.75, 3.05) is 35.9 Å². The Labute approximate surface area is 187 Å². The largest absolute Gasteiger partial charge is 0.481 e. The van der Waals surface area contributed by atoms with Gasteiger partial charge in [-0.1, -0.05) is 0 Å². The molecular formula is C21H19ClFN3O6. The van der Waals surface area contributed by atoms with E-state index in [1.807, 2.05) is 6.07 Å². The Morgan fingerprint density at radius 2 is 1.97 bits per heavy atom. The number of methoxy groups -OCH3 is 1. The van der Waals surface area contributed by atoms with Crippen molar-refractivity contribution in [3.8, 4) is 11.8 Å². The van der Waals surface area contributed by atoms with E-state index in [0.29, 0.717) is 17.7 Å². The predicted octanol–water partition coefficient (Wildman–Crippen LogP) is 2.22. The van der Waals surface area contributed by atoms with Gasteiger partial charge in [-0.2, -0.15) is 5.26 Å². The lowest BCUT2D eigenvalue weighted by Gasteiger charge is -2.30. The fraction of sp³-hybridized carbons (Fsp3) is 0.381. The molecule has 0 atom stereocenters. The van der Waals surface area contributed by atoms with Crippen LogP contribution in [0.5, 0.6) is 5.75 Å². The van der Waals surface area contributed by atoms with Gasteiger partial charge in [0, 0.05) is 17.2 Å². The molecule has 0 spiro atoms. The first-order valence-electron chi connectivity index (χ1n) is 9.71. The number of hydrogen-bond donors (Lipinski definition) is 0. The Kier molecular flexibility index (Phi) is 7.10. The molecular weight excluding hydrogens is 445 g/mol. The number of carbonyl (C=O) groups is 4. The summed E-state index contributed by atoms with van der Waals surface area (Å²) in [6.07, 6.45) is 1.72. The van der Waals surface area contributed by atoms with Gasteiger partial charge in [0.15, 0.2) is 12.4 Å². The molecule has 0 N–H and O–H groups in total. The number of halogens is 2. The zero-order chi connectivity index (χ0) is 23.4. The average molecular weight is 464 g/mol. The second-order valence-electron chi connectivity index (χ2n) is 7.02. The summed E-state index contributed by atoms with van der Waals surface area (Å²) in [5.74, 6) is -4.69. The van der Waals surface area contributed by atoms with Crippen LogP contribution in [0.1, 0.15) is 25.7 Å². The standard InChI is InChI=1S/C21H19ClFN3O6/c1-31-21(30)13-5-3-2-4-12(13)20(29)26(18(27)10-22)15-9-16-17(8-14(15)23)32-11-19(28)25(16)7-6-24/h8-9H,2-5,7,10-11H2,1H3. The minimum Gasteiger partial charge on any atom is -0.481 e. The van der Waals surface area contributed by atoms with E-state index in [1.165, 1.54) is 7.11 Å². The summed E-state index contributed by atoms with van der Waals surface area (Å²) in [6.45, 7) is -0.721. The Balaban J connectivity index is 2.15. The lowest BCUT2D eigenvalue weighted by molar-refractivity contribution is -0.137. The van der Waals surface area contributed by atoms with Crippen molar-refractivity contribution in [2.45, 2.75) is 25.7 Å². The van der Waals surface area contributed by atoms with Gasteiger partial charge in [-0.25, -0.2) is 14.1 Å². The Bertz CT molecular complexity index is 1060. The highest BCUT2D eigenvalue weighted by molar-refractivity contribution is 6.34. The zero-order valence-corrected chi connectivity index (χ0v) is 17.9. The maximum atomic E-state index is 15.0. The molecule has 32 heavy (non-hydrogen) atoms. The number of esters is 1. The van der Waals surface area contributed by atoms with E-state index in [2.05, 4.69) is 0 Å². The summed E-state index contributed by atoms with van der Waals surface area (Å²) < 4.78 is 25.0. The normalized spacial score (nSPS) is 15.4. The smallest absolute Gasteiger partial charge is 0.334 e. The number of nitriles is 1. The molecule has 11 heteroatoms. The molecule has 168 valence electrons. The van der Waals surface area contributed by atoms with E-state index in [-0.39, 0.29) is 48.6 Å². The van der Waals surface area contributed by atoms with Crippen LogP contribution in [0.2, 0.25) is 0 Å². The number of alkyl halides is 1. The van der Waals surface area contributed by atoms with E-state index in [9.17, 15) is 19.2 Å². The summed E-state index contributed by atoms with van der Waals surface area (Å²) in [7, 11) is 1.18. The fourth-order valence-electron chi connectivity index (χ4n) is 3.67. The molecule has 0 fully saturated rings. The Hall–Kier alpha value is -3.45. The number of hydrogen-bond acceptors (Lipinski definition) is 7. The summed E-state index contributed by atoms with van der Waals surface area (Å²) in [6, 6.07) is 3.85. The van der Waals surface area contributed by atoms with E-state index in [4.69, 9.17) is 26.3 Å². The highest BCUT2D eigenvalue weighted by Crippen LogP contribution is 2.39. The predicted molar refractivity (Wildman–Crippen MR) is 111 cm³/mol. The van der Waals surface area contributed by atoms with Gasteiger partial charge >= 0.3 is 5.97 Å². The van der Waals surface area contributed by atoms with Gasteiger partial charge in [0.25, 0.3) is 11.8 Å². The lowest BCUT2D eigenvalue weighted by atomic mass is 9.90. The van der Waals surface area contributed by atoms with Crippen molar-refractivity contribution in [1.29, 1.82) is 5.26 Å². The molecule has 9 nitrogen and oxygen atoms in total. The van der Waals surface area contributed by atoms with Crippen molar-refractivity contribution in [1.82, 2.24) is 0 Å². The minimum absolute atomic E-state index is 0.0149. The molecule has 0 saturated heterocycles. The summed E-state index contributed by atoms with van der Waals surface area (Å²) >= 11 is 5.70. The van der Waals surface area contributed by atoms with Gasteiger partial charge in [-0.05, 0) is 31.7 Å². The van der Waals surface area contributed by atoms with Gasteiger partial charge in [0.05, 0.1) is 24.6 Å². The van der Waals surface area contributed by atoms with Crippen LogP contribution < -0.4 is 14.5 Å². The first-order valence-corrected chi connectivity index (χ1v) is 10.2. The third kappa shape index (κ3) is 4.29. The average Bonchev–Trinajstić information content (AvgIpc) is 2.81. The van der Waals surface area contributed by atoms with Crippen LogP contribution in [0, 0.1) is 17.1 Å². The maximum absolute atomic E-state index is 15.0. The van der Waals surface area contributed by atoms with Gasteiger partial charge in [0.1, 0.15) is 18.2 Å². The molecule has 0 radical (unpaired) electrons. The summed E-state index contributed by atoms with van der Waals surface area (Å²) in [5.41, 5.74) is -0.271. The second-order valence-corrected chi connectivity index (χ2v) is 7.29. The van der Waals surface area contributed by atoms with Gasteiger partial charge in [-0.15, -0.1) is 11.6 Å². The van der Waals surface area contributed by atoms with Crippen molar-refractivity contribution < 1.29 is 33.0 Å². The first-order chi connectivity index (χ1) is 15.3. The number of fused-ring (bicyclic) bond motifs is 1. The SMILES string of the molecule is COC(=O)C1=C(C(=O)N(C(=O)CCl)c2cc3c(cc2F)OCC(=O)N3CC#N)CCCC1. The third-order valence-electron chi connectivity index (χ3n) is 5.17. The van der Waals surface area contributed by atoms with E-state index in [1.54, 1.807) is 0 Å². The van der Waals surface area contributed by atoms with Crippen molar-refractivity contribution in [3.05, 3.63) is 29.1 Å². The highest BCUT2D eigenvalue weighted by Gasteiger charge is 2.35. The topological polar surface area (TPSA) is 117 Å². The number of nitrogens with zero attached hydrogens (tertiary/aromatic N) is 3. The van der Waals surface area contributed by atoms with Gasteiger partial charge in [-0.3, -0.25) is 19.3 Å². The molecule has 1 aliphatic carbocycles. The summed E-state index contributed by atoms with van der Waals surface area (Å²) in [5, 5.41) is 9.04. The molecule has 0 bridgehead atoms. The van der Waals surface area contributed by atoms with Crippen LogP contribution in [-0.4, -0.2) is 49.8 Å². The van der Waals surface area contributed by atoms with Crippen LogP contribution >= 0.6 is 11.6 Å². The summed E-state index contributed by atoms with van der Waals surface area (Å²) in [4.78, 5) is 52.0. The van der Waals surface area contributed by atoms with Gasteiger partial charge < -0.3 is 9.47 Å². The van der Waals surface area contributed by atoms with E-state index < -0.39 is 41.1 Å². The van der Waals surface area contributed by atoms with Crippen molar-refractivity contribution in [3.63, 3.8) is 0 Å². The number of rotatable bonds is 5. The molecule has 2 aliphatic rings. The molecule has 0 unspecified atom stereocenters.